The first-order chi connectivity index (χ1) is 12.5. The van der Waals surface area contributed by atoms with Gasteiger partial charge >= 0.3 is 0 Å². The summed E-state index contributed by atoms with van der Waals surface area (Å²) in [5, 5.41) is 0. The maximum Gasteiger partial charge on any atom is 0.147 e. The Balaban J connectivity index is 1.80. The molecule has 0 aliphatic heterocycles. The lowest BCUT2D eigenvalue weighted by Gasteiger charge is -2.15. The van der Waals surface area contributed by atoms with Crippen molar-refractivity contribution in [3.8, 4) is 5.75 Å². The number of benzene rings is 1. The van der Waals surface area contributed by atoms with Gasteiger partial charge in [0.15, 0.2) is 0 Å². The molecule has 3 atom stereocenters. The Morgan fingerprint density at radius 3 is 2.27 bits per heavy atom. The number of methoxy groups -OCH3 is 1. The molecule has 2 rings (SSSR count). The predicted molar refractivity (Wildman–Crippen MR) is 108 cm³/mol. The van der Waals surface area contributed by atoms with Crippen LogP contribution in [0, 0.1) is 0 Å². The second kappa shape index (κ2) is 10.7. The summed E-state index contributed by atoms with van der Waals surface area (Å²) in [4.78, 5) is 4.94. The highest BCUT2D eigenvalue weighted by Gasteiger charge is 2.11. The van der Waals surface area contributed by atoms with Crippen LogP contribution in [0.4, 0.5) is 0 Å². The maximum atomic E-state index is 5.84. The van der Waals surface area contributed by atoms with Gasteiger partial charge in [0.1, 0.15) is 12.5 Å². The van der Waals surface area contributed by atoms with Crippen molar-refractivity contribution in [2.24, 2.45) is 0 Å². The van der Waals surface area contributed by atoms with Crippen LogP contribution in [0.2, 0.25) is 0 Å². The molecule has 1 heterocycles. The number of hydrogen-bond donors (Lipinski definition) is 0. The van der Waals surface area contributed by atoms with Gasteiger partial charge in [-0.25, -0.2) is 0 Å². The number of alkyl halides is 1. The fourth-order valence-electron chi connectivity index (χ4n) is 2.50. The van der Waals surface area contributed by atoms with E-state index in [2.05, 4.69) is 46.9 Å². The Kier molecular flexibility index (Phi) is 8.55. The molecular weight excluding hydrogens is 394 g/mol. The summed E-state index contributed by atoms with van der Waals surface area (Å²) in [6, 6.07) is 12.4. The highest BCUT2D eigenvalue weighted by molar-refractivity contribution is 9.09. The Labute approximate surface area is 165 Å². The number of nitrogens with zero attached hydrogens (tertiary/aromatic N) is 1. The minimum absolute atomic E-state index is 0.0316. The van der Waals surface area contributed by atoms with Gasteiger partial charge in [-0.2, -0.15) is 0 Å². The van der Waals surface area contributed by atoms with Gasteiger partial charge in [-0.15, -0.1) is 0 Å². The Hall–Kier alpha value is -1.43. The second-order valence-electron chi connectivity index (χ2n) is 6.43. The van der Waals surface area contributed by atoms with Crippen molar-refractivity contribution < 1.29 is 14.2 Å². The standard InChI is InChI=1S/C21H28BrNO3/c1-15(16(2)22)18-6-9-21(10-7-18)25-12-11-20-8-5-19(13-23-20)17(3)26-14-24-4/h5-10,13,15-17H,11-12,14H2,1-4H3. The third kappa shape index (κ3) is 6.38. The SMILES string of the molecule is COCOC(C)c1ccc(CCOc2ccc(C(C)C(C)Br)cc2)nc1. The molecule has 0 bridgehead atoms. The van der Waals surface area contributed by atoms with Crippen molar-refractivity contribution in [2.45, 2.75) is 44.0 Å². The van der Waals surface area contributed by atoms with Gasteiger partial charge < -0.3 is 14.2 Å². The van der Waals surface area contributed by atoms with Crippen LogP contribution in [0.5, 0.6) is 5.75 Å². The molecule has 0 N–H and O–H groups in total. The van der Waals surface area contributed by atoms with E-state index in [4.69, 9.17) is 14.2 Å². The van der Waals surface area contributed by atoms with Crippen LogP contribution in [0.25, 0.3) is 0 Å². The van der Waals surface area contributed by atoms with Crippen LogP contribution in [-0.2, 0) is 15.9 Å². The van der Waals surface area contributed by atoms with Crippen molar-refractivity contribution in [3.05, 3.63) is 59.4 Å². The van der Waals surface area contributed by atoms with Gasteiger partial charge in [0.2, 0.25) is 0 Å². The number of rotatable bonds is 10. The first-order valence-corrected chi connectivity index (χ1v) is 9.85. The lowest BCUT2D eigenvalue weighted by Crippen LogP contribution is -2.06. The molecule has 0 radical (unpaired) electrons. The molecule has 0 fully saturated rings. The number of aromatic nitrogens is 1. The van der Waals surface area contributed by atoms with Gasteiger partial charge in [0, 0.05) is 30.2 Å². The van der Waals surface area contributed by atoms with Crippen molar-refractivity contribution in [3.63, 3.8) is 0 Å². The molecule has 0 saturated carbocycles. The van der Waals surface area contributed by atoms with Gasteiger partial charge in [0.05, 0.1) is 12.7 Å². The summed E-state index contributed by atoms with van der Waals surface area (Å²) in [6.07, 6.45) is 2.59. The van der Waals surface area contributed by atoms with Gasteiger partial charge in [-0.1, -0.05) is 48.0 Å². The lowest BCUT2D eigenvalue weighted by atomic mass is 9.99. The molecular formula is C21H28BrNO3. The highest BCUT2D eigenvalue weighted by atomic mass is 79.9. The molecule has 0 spiro atoms. The quantitative estimate of drug-likeness (QED) is 0.386. The first-order valence-electron chi connectivity index (χ1n) is 8.93. The summed E-state index contributed by atoms with van der Waals surface area (Å²) >= 11 is 3.64. The molecule has 3 unspecified atom stereocenters. The zero-order chi connectivity index (χ0) is 18.9. The van der Waals surface area contributed by atoms with Gasteiger partial charge in [-0.3, -0.25) is 4.98 Å². The van der Waals surface area contributed by atoms with Crippen molar-refractivity contribution in [1.82, 2.24) is 4.98 Å². The van der Waals surface area contributed by atoms with E-state index in [1.54, 1.807) is 7.11 Å². The molecule has 0 aliphatic carbocycles. The fourth-order valence-corrected chi connectivity index (χ4v) is 2.80. The second-order valence-corrected chi connectivity index (χ2v) is 7.88. The van der Waals surface area contributed by atoms with Crippen molar-refractivity contribution in [1.29, 1.82) is 0 Å². The number of pyridine rings is 1. The molecule has 2 aromatic rings. The average Bonchev–Trinajstić information content (AvgIpc) is 2.66. The topological polar surface area (TPSA) is 40.6 Å². The predicted octanol–water partition coefficient (Wildman–Crippen LogP) is 5.27. The average molecular weight is 422 g/mol. The smallest absolute Gasteiger partial charge is 0.147 e. The zero-order valence-electron chi connectivity index (χ0n) is 15.9. The van der Waals surface area contributed by atoms with E-state index < -0.39 is 0 Å². The van der Waals surface area contributed by atoms with E-state index in [1.807, 2.05) is 37.4 Å². The fraction of sp³-hybridized carbons (Fsp3) is 0.476. The third-order valence-electron chi connectivity index (χ3n) is 4.47. The molecule has 0 amide bonds. The lowest BCUT2D eigenvalue weighted by molar-refractivity contribution is -0.0667. The Morgan fingerprint density at radius 2 is 1.69 bits per heavy atom. The molecule has 1 aromatic heterocycles. The molecule has 142 valence electrons. The third-order valence-corrected chi connectivity index (χ3v) is 5.27. The normalized spacial score (nSPS) is 14.7. The van der Waals surface area contributed by atoms with Crippen LogP contribution in [0.15, 0.2) is 42.6 Å². The Morgan fingerprint density at radius 1 is 1.00 bits per heavy atom. The number of hydrogen-bond acceptors (Lipinski definition) is 4. The number of halogens is 1. The van der Waals surface area contributed by atoms with Crippen LogP contribution in [0.3, 0.4) is 0 Å². The molecule has 4 nitrogen and oxygen atoms in total. The van der Waals surface area contributed by atoms with Crippen LogP contribution in [-0.4, -0.2) is 30.3 Å². The summed E-state index contributed by atoms with van der Waals surface area (Å²) in [6.45, 7) is 7.25. The number of ether oxygens (including phenoxy) is 3. The maximum absolute atomic E-state index is 5.84. The van der Waals surface area contributed by atoms with E-state index in [9.17, 15) is 0 Å². The zero-order valence-corrected chi connectivity index (χ0v) is 17.5. The van der Waals surface area contributed by atoms with E-state index in [0.717, 1.165) is 23.4 Å². The minimum atomic E-state index is -0.0316. The molecule has 5 heteroatoms. The van der Waals surface area contributed by atoms with Crippen molar-refractivity contribution in [2.75, 3.05) is 20.5 Å². The van der Waals surface area contributed by atoms with E-state index >= 15 is 0 Å². The summed E-state index contributed by atoms with van der Waals surface area (Å²) in [5.74, 6) is 1.36. The minimum Gasteiger partial charge on any atom is -0.493 e. The van der Waals surface area contributed by atoms with E-state index in [0.29, 0.717) is 17.4 Å². The van der Waals surface area contributed by atoms with Crippen LogP contribution < -0.4 is 4.74 Å². The van der Waals surface area contributed by atoms with Crippen molar-refractivity contribution >= 4 is 15.9 Å². The van der Waals surface area contributed by atoms with Gasteiger partial charge in [-0.05, 0) is 42.2 Å². The van der Waals surface area contributed by atoms with E-state index in [1.165, 1.54) is 5.56 Å². The van der Waals surface area contributed by atoms with Gasteiger partial charge in [0.25, 0.3) is 0 Å². The first kappa shape index (κ1) is 20.9. The summed E-state index contributed by atoms with van der Waals surface area (Å²) < 4.78 is 16.3. The summed E-state index contributed by atoms with van der Waals surface area (Å²) in [5.41, 5.74) is 3.35. The largest absolute Gasteiger partial charge is 0.493 e. The Bertz CT molecular complexity index is 643. The highest BCUT2D eigenvalue weighted by Crippen LogP contribution is 2.26. The van der Waals surface area contributed by atoms with Crippen LogP contribution >= 0.6 is 15.9 Å². The van der Waals surface area contributed by atoms with Crippen LogP contribution in [0.1, 0.15) is 49.6 Å². The molecule has 26 heavy (non-hydrogen) atoms. The molecule has 0 aliphatic rings. The van der Waals surface area contributed by atoms with E-state index in [-0.39, 0.29) is 12.9 Å². The summed E-state index contributed by atoms with van der Waals surface area (Å²) in [7, 11) is 1.62. The molecule has 1 aromatic carbocycles. The monoisotopic (exact) mass is 421 g/mol. The molecule has 0 saturated heterocycles.